The van der Waals surface area contributed by atoms with Crippen LogP contribution in [-0.4, -0.2) is 44.3 Å². The third-order valence-electron chi connectivity index (χ3n) is 3.16. The maximum Gasteiger partial charge on any atom is 0.254 e. The number of amides is 1. The van der Waals surface area contributed by atoms with Crippen molar-refractivity contribution in [1.82, 2.24) is 4.90 Å². The van der Waals surface area contributed by atoms with E-state index in [1.165, 1.54) is 0 Å². The molecule has 5 heteroatoms. The van der Waals surface area contributed by atoms with Crippen molar-refractivity contribution >= 4 is 11.6 Å². The number of hydrogen-bond acceptors (Lipinski definition) is 4. The van der Waals surface area contributed by atoms with E-state index >= 15 is 0 Å². The normalized spacial score (nSPS) is 13.9. The van der Waals surface area contributed by atoms with Crippen LogP contribution in [0.2, 0.25) is 0 Å². The lowest BCUT2D eigenvalue weighted by Gasteiger charge is -2.15. The van der Waals surface area contributed by atoms with Gasteiger partial charge >= 0.3 is 0 Å². The SMILES string of the molecule is COCCCOCCN1Cc2ccc(N)cc2C1=O. The fraction of sp³-hybridized carbons (Fsp3) is 0.500. The summed E-state index contributed by atoms with van der Waals surface area (Å²) in [6.45, 7) is 3.18. The van der Waals surface area contributed by atoms with Crippen molar-refractivity contribution < 1.29 is 14.3 Å². The summed E-state index contributed by atoms with van der Waals surface area (Å²) >= 11 is 0. The Morgan fingerprint density at radius 2 is 2.16 bits per heavy atom. The van der Waals surface area contributed by atoms with Gasteiger partial charge in [-0.05, 0) is 24.1 Å². The second-order valence-corrected chi connectivity index (χ2v) is 4.60. The number of rotatable bonds is 7. The number of carbonyl (C=O) groups is 1. The van der Waals surface area contributed by atoms with E-state index in [9.17, 15) is 4.79 Å². The van der Waals surface area contributed by atoms with E-state index in [0.717, 1.165) is 17.5 Å². The predicted octanol–water partition coefficient (Wildman–Crippen LogP) is 1.28. The number of benzene rings is 1. The largest absolute Gasteiger partial charge is 0.399 e. The third kappa shape index (κ3) is 3.45. The van der Waals surface area contributed by atoms with Crippen LogP contribution >= 0.6 is 0 Å². The molecule has 0 radical (unpaired) electrons. The van der Waals surface area contributed by atoms with Crippen LogP contribution in [-0.2, 0) is 16.0 Å². The van der Waals surface area contributed by atoms with Gasteiger partial charge < -0.3 is 20.1 Å². The first kappa shape index (κ1) is 13.8. The molecule has 19 heavy (non-hydrogen) atoms. The summed E-state index contributed by atoms with van der Waals surface area (Å²) in [6.07, 6.45) is 0.876. The number of methoxy groups -OCH3 is 1. The first-order valence-electron chi connectivity index (χ1n) is 6.46. The van der Waals surface area contributed by atoms with Crippen LogP contribution in [0.3, 0.4) is 0 Å². The van der Waals surface area contributed by atoms with Gasteiger partial charge in [0.15, 0.2) is 0 Å². The number of nitrogen functional groups attached to an aromatic ring is 1. The van der Waals surface area contributed by atoms with Crippen LogP contribution in [0.15, 0.2) is 18.2 Å². The molecule has 0 bridgehead atoms. The van der Waals surface area contributed by atoms with E-state index in [0.29, 0.717) is 38.6 Å². The molecule has 0 fully saturated rings. The lowest BCUT2D eigenvalue weighted by molar-refractivity contribution is 0.0624. The Labute approximate surface area is 113 Å². The van der Waals surface area contributed by atoms with Crippen molar-refractivity contribution in [1.29, 1.82) is 0 Å². The van der Waals surface area contributed by atoms with Crippen LogP contribution < -0.4 is 5.73 Å². The minimum Gasteiger partial charge on any atom is -0.399 e. The van der Waals surface area contributed by atoms with E-state index in [2.05, 4.69) is 0 Å². The Morgan fingerprint density at radius 3 is 2.95 bits per heavy atom. The van der Waals surface area contributed by atoms with Crippen LogP contribution in [0.25, 0.3) is 0 Å². The van der Waals surface area contributed by atoms with Gasteiger partial charge in [-0.25, -0.2) is 0 Å². The van der Waals surface area contributed by atoms with Gasteiger partial charge in [0.25, 0.3) is 5.91 Å². The number of ether oxygens (including phenoxy) is 2. The molecular formula is C14H20N2O3. The van der Waals surface area contributed by atoms with E-state index in [4.69, 9.17) is 15.2 Å². The summed E-state index contributed by atoms with van der Waals surface area (Å²) in [6, 6.07) is 5.50. The summed E-state index contributed by atoms with van der Waals surface area (Å²) in [5.74, 6) is 0.0443. The molecule has 5 nitrogen and oxygen atoms in total. The maximum absolute atomic E-state index is 12.1. The average molecular weight is 264 g/mol. The van der Waals surface area contributed by atoms with Crippen molar-refractivity contribution in [2.75, 3.05) is 39.2 Å². The zero-order chi connectivity index (χ0) is 13.7. The Balaban J connectivity index is 1.77. The Kier molecular flexibility index (Phi) is 4.76. The van der Waals surface area contributed by atoms with Crippen molar-refractivity contribution in [2.45, 2.75) is 13.0 Å². The highest BCUT2D eigenvalue weighted by molar-refractivity contribution is 5.99. The van der Waals surface area contributed by atoms with Crippen LogP contribution in [0.1, 0.15) is 22.3 Å². The zero-order valence-electron chi connectivity index (χ0n) is 11.2. The standard InChI is InChI=1S/C14H20N2O3/c1-18-6-2-7-19-8-5-16-10-11-3-4-12(15)9-13(11)14(16)17/h3-4,9H,2,5-8,10,15H2,1H3. The molecule has 0 aromatic heterocycles. The van der Waals surface area contributed by atoms with Crippen molar-refractivity contribution in [3.63, 3.8) is 0 Å². The molecule has 1 heterocycles. The molecule has 0 aliphatic carbocycles. The molecule has 0 unspecified atom stereocenters. The summed E-state index contributed by atoms with van der Waals surface area (Å²) in [4.78, 5) is 13.9. The Bertz CT molecular complexity index is 448. The highest BCUT2D eigenvalue weighted by Crippen LogP contribution is 2.24. The number of fused-ring (bicyclic) bond motifs is 1. The molecule has 104 valence electrons. The predicted molar refractivity (Wildman–Crippen MR) is 72.9 cm³/mol. The van der Waals surface area contributed by atoms with Gasteiger partial charge in [-0.3, -0.25) is 4.79 Å². The molecule has 1 aliphatic rings. The summed E-state index contributed by atoms with van der Waals surface area (Å²) in [5.41, 5.74) is 8.09. The molecular weight excluding hydrogens is 244 g/mol. The smallest absolute Gasteiger partial charge is 0.254 e. The fourth-order valence-corrected chi connectivity index (χ4v) is 2.14. The number of hydrogen-bond donors (Lipinski definition) is 1. The van der Waals surface area contributed by atoms with Crippen LogP contribution in [0.4, 0.5) is 5.69 Å². The second-order valence-electron chi connectivity index (χ2n) is 4.60. The minimum absolute atomic E-state index is 0.0443. The first-order valence-corrected chi connectivity index (χ1v) is 6.46. The van der Waals surface area contributed by atoms with Crippen molar-refractivity contribution in [2.24, 2.45) is 0 Å². The first-order chi connectivity index (χ1) is 9.22. The summed E-state index contributed by atoms with van der Waals surface area (Å²) in [5, 5.41) is 0. The van der Waals surface area contributed by atoms with E-state index in [-0.39, 0.29) is 5.91 Å². The summed E-state index contributed by atoms with van der Waals surface area (Å²) < 4.78 is 10.4. The Hall–Kier alpha value is -1.59. The fourth-order valence-electron chi connectivity index (χ4n) is 2.14. The second kappa shape index (κ2) is 6.54. The zero-order valence-corrected chi connectivity index (χ0v) is 11.2. The molecule has 1 aromatic rings. The number of anilines is 1. The topological polar surface area (TPSA) is 64.8 Å². The molecule has 0 saturated heterocycles. The third-order valence-corrected chi connectivity index (χ3v) is 3.16. The van der Waals surface area contributed by atoms with Gasteiger partial charge in [-0.15, -0.1) is 0 Å². The summed E-state index contributed by atoms with van der Waals surface area (Å²) in [7, 11) is 1.67. The number of carbonyl (C=O) groups excluding carboxylic acids is 1. The Morgan fingerprint density at radius 1 is 1.32 bits per heavy atom. The van der Waals surface area contributed by atoms with Gasteiger partial charge in [-0.1, -0.05) is 6.07 Å². The lowest BCUT2D eigenvalue weighted by Crippen LogP contribution is -2.28. The van der Waals surface area contributed by atoms with Crippen molar-refractivity contribution in [3.05, 3.63) is 29.3 Å². The van der Waals surface area contributed by atoms with Gasteiger partial charge in [0, 0.05) is 44.7 Å². The van der Waals surface area contributed by atoms with Crippen LogP contribution in [0.5, 0.6) is 0 Å². The molecule has 2 rings (SSSR count). The van der Waals surface area contributed by atoms with Crippen molar-refractivity contribution in [3.8, 4) is 0 Å². The maximum atomic E-state index is 12.1. The van der Waals surface area contributed by atoms with E-state index in [1.54, 1.807) is 18.1 Å². The minimum atomic E-state index is 0.0443. The molecule has 0 spiro atoms. The van der Waals surface area contributed by atoms with Gasteiger partial charge in [0.1, 0.15) is 0 Å². The quantitative estimate of drug-likeness (QED) is 0.595. The highest BCUT2D eigenvalue weighted by Gasteiger charge is 2.26. The van der Waals surface area contributed by atoms with E-state index < -0.39 is 0 Å². The monoisotopic (exact) mass is 264 g/mol. The molecule has 2 N–H and O–H groups in total. The highest BCUT2D eigenvalue weighted by atomic mass is 16.5. The van der Waals surface area contributed by atoms with Gasteiger partial charge in [-0.2, -0.15) is 0 Å². The van der Waals surface area contributed by atoms with Gasteiger partial charge in [0.2, 0.25) is 0 Å². The van der Waals surface area contributed by atoms with Gasteiger partial charge in [0.05, 0.1) is 6.61 Å². The van der Waals surface area contributed by atoms with Crippen LogP contribution in [0, 0.1) is 0 Å². The number of nitrogens with two attached hydrogens (primary N) is 1. The lowest BCUT2D eigenvalue weighted by atomic mass is 10.1. The molecule has 1 aromatic carbocycles. The molecule has 1 amide bonds. The average Bonchev–Trinajstić information content (AvgIpc) is 2.71. The van der Waals surface area contributed by atoms with E-state index in [1.807, 2.05) is 12.1 Å². The number of nitrogens with zero attached hydrogens (tertiary/aromatic N) is 1. The molecule has 0 saturated carbocycles. The molecule has 0 atom stereocenters. The molecule has 1 aliphatic heterocycles.